The molecule has 162 valence electrons. The van der Waals surface area contributed by atoms with Crippen LogP contribution in [0.4, 0.5) is 10.2 Å². The van der Waals surface area contributed by atoms with Crippen molar-refractivity contribution in [1.29, 1.82) is 0 Å². The minimum Gasteiger partial charge on any atom is -0.354 e. The van der Waals surface area contributed by atoms with Gasteiger partial charge in [-0.05, 0) is 24.3 Å². The van der Waals surface area contributed by atoms with Crippen LogP contribution in [0.15, 0.2) is 49.1 Å². The highest BCUT2D eigenvalue weighted by Crippen LogP contribution is 2.27. The number of aromatic nitrogens is 4. The predicted octanol–water partition coefficient (Wildman–Crippen LogP) is 1.94. The van der Waals surface area contributed by atoms with Gasteiger partial charge in [0.05, 0.1) is 12.7 Å². The van der Waals surface area contributed by atoms with Crippen LogP contribution >= 0.6 is 0 Å². The first-order valence-corrected chi connectivity index (χ1v) is 10.4. The number of carbonyl (C=O) groups is 1. The molecule has 1 N–H and O–H groups in total. The second-order valence-electron chi connectivity index (χ2n) is 7.59. The molecule has 0 unspecified atom stereocenters. The zero-order valence-corrected chi connectivity index (χ0v) is 17.5. The minimum absolute atomic E-state index is 0.0315. The Hall–Kier alpha value is -3.33. The lowest BCUT2D eigenvalue weighted by molar-refractivity contribution is -0.118. The third kappa shape index (κ3) is 5.43. The van der Waals surface area contributed by atoms with Crippen molar-refractivity contribution in [2.75, 3.05) is 37.6 Å². The lowest BCUT2D eigenvalue weighted by Gasteiger charge is -2.35. The van der Waals surface area contributed by atoms with Crippen molar-refractivity contribution < 1.29 is 9.18 Å². The molecule has 3 heterocycles. The number of carbonyl (C=O) groups excluding carboxylic acids is 1. The van der Waals surface area contributed by atoms with Crippen LogP contribution < -0.4 is 10.2 Å². The van der Waals surface area contributed by atoms with Gasteiger partial charge in [0, 0.05) is 75.9 Å². The van der Waals surface area contributed by atoms with Crippen molar-refractivity contribution in [3.63, 3.8) is 0 Å². The number of nitrogens with zero attached hydrogens (tertiary/aromatic N) is 6. The number of halogens is 1. The maximum atomic E-state index is 13.3. The van der Waals surface area contributed by atoms with Crippen molar-refractivity contribution >= 4 is 11.7 Å². The fourth-order valence-corrected chi connectivity index (χ4v) is 3.71. The summed E-state index contributed by atoms with van der Waals surface area (Å²) in [5.74, 6) is 0.539. The van der Waals surface area contributed by atoms with Gasteiger partial charge in [-0.15, -0.1) is 0 Å². The number of nitrogens with one attached hydrogen (secondary N) is 1. The third-order valence-electron chi connectivity index (χ3n) is 5.28. The van der Waals surface area contributed by atoms with E-state index in [1.807, 2.05) is 17.1 Å². The molecule has 3 aromatic rings. The SMILES string of the molecule is CC(=O)NCCn1cc(CN2CCN(c3nccnc3-c3ccc(F)cc3)CC2)cn1. The zero-order chi connectivity index (χ0) is 21.6. The molecule has 1 aliphatic heterocycles. The Bertz CT molecular complexity index is 1010. The normalized spacial score (nSPS) is 14.6. The van der Waals surface area contributed by atoms with Crippen LogP contribution in [-0.4, -0.2) is 63.3 Å². The lowest BCUT2D eigenvalue weighted by atomic mass is 10.1. The summed E-state index contributed by atoms with van der Waals surface area (Å²) < 4.78 is 15.2. The quantitative estimate of drug-likeness (QED) is 0.626. The van der Waals surface area contributed by atoms with Crippen molar-refractivity contribution in [3.8, 4) is 11.3 Å². The van der Waals surface area contributed by atoms with Crippen molar-refractivity contribution in [1.82, 2.24) is 30.0 Å². The summed E-state index contributed by atoms with van der Waals surface area (Å²) in [4.78, 5) is 24.7. The molecule has 0 saturated carbocycles. The van der Waals surface area contributed by atoms with Gasteiger partial charge in [0.2, 0.25) is 5.91 Å². The predicted molar refractivity (Wildman–Crippen MR) is 116 cm³/mol. The Kier molecular flexibility index (Phi) is 6.51. The van der Waals surface area contributed by atoms with Crippen LogP contribution in [0.3, 0.4) is 0 Å². The van der Waals surface area contributed by atoms with E-state index in [1.165, 1.54) is 19.1 Å². The summed E-state index contributed by atoms with van der Waals surface area (Å²) >= 11 is 0. The van der Waals surface area contributed by atoms with Crippen LogP contribution in [0.5, 0.6) is 0 Å². The number of benzene rings is 1. The molecule has 0 bridgehead atoms. The highest BCUT2D eigenvalue weighted by molar-refractivity contribution is 5.72. The van der Waals surface area contributed by atoms with Gasteiger partial charge in [0.1, 0.15) is 11.5 Å². The van der Waals surface area contributed by atoms with Gasteiger partial charge < -0.3 is 10.2 Å². The number of amides is 1. The van der Waals surface area contributed by atoms with Gasteiger partial charge in [0.15, 0.2) is 5.82 Å². The van der Waals surface area contributed by atoms with Gasteiger partial charge in [-0.25, -0.2) is 9.37 Å². The van der Waals surface area contributed by atoms with E-state index in [-0.39, 0.29) is 11.7 Å². The first-order valence-electron chi connectivity index (χ1n) is 10.4. The number of piperazine rings is 1. The summed E-state index contributed by atoms with van der Waals surface area (Å²) in [6.07, 6.45) is 7.28. The van der Waals surface area contributed by atoms with Crippen molar-refractivity contribution in [2.24, 2.45) is 0 Å². The average Bonchev–Trinajstić information content (AvgIpc) is 3.22. The molecule has 1 aromatic carbocycles. The van der Waals surface area contributed by atoms with Crippen molar-refractivity contribution in [3.05, 3.63) is 60.4 Å². The lowest BCUT2D eigenvalue weighted by Crippen LogP contribution is -2.46. The second-order valence-corrected chi connectivity index (χ2v) is 7.59. The minimum atomic E-state index is -0.263. The molecular formula is C22H26FN7O. The summed E-state index contributed by atoms with van der Waals surface area (Å²) in [6.45, 7) is 7.05. The van der Waals surface area contributed by atoms with Crippen LogP contribution in [-0.2, 0) is 17.9 Å². The van der Waals surface area contributed by atoms with Gasteiger partial charge in [-0.1, -0.05) is 0 Å². The topological polar surface area (TPSA) is 79.2 Å². The molecule has 8 nitrogen and oxygen atoms in total. The largest absolute Gasteiger partial charge is 0.354 e. The smallest absolute Gasteiger partial charge is 0.216 e. The maximum absolute atomic E-state index is 13.3. The molecule has 1 fully saturated rings. The number of anilines is 1. The molecule has 0 aliphatic carbocycles. The zero-order valence-electron chi connectivity index (χ0n) is 17.5. The van der Waals surface area contributed by atoms with Gasteiger partial charge in [-0.2, -0.15) is 5.10 Å². The van der Waals surface area contributed by atoms with Crippen LogP contribution in [0, 0.1) is 5.82 Å². The van der Waals surface area contributed by atoms with E-state index in [9.17, 15) is 9.18 Å². The number of hydrogen-bond acceptors (Lipinski definition) is 6. The number of rotatable bonds is 7. The van der Waals surface area contributed by atoms with Crippen LogP contribution in [0.2, 0.25) is 0 Å². The Morgan fingerprint density at radius 3 is 2.58 bits per heavy atom. The highest BCUT2D eigenvalue weighted by Gasteiger charge is 2.21. The van der Waals surface area contributed by atoms with Gasteiger partial charge in [0.25, 0.3) is 0 Å². The van der Waals surface area contributed by atoms with Crippen LogP contribution in [0.1, 0.15) is 12.5 Å². The molecule has 0 spiro atoms. The molecule has 31 heavy (non-hydrogen) atoms. The molecule has 1 saturated heterocycles. The second kappa shape index (κ2) is 9.65. The monoisotopic (exact) mass is 423 g/mol. The molecule has 0 radical (unpaired) electrons. The fourth-order valence-electron chi connectivity index (χ4n) is 3.71. The average molecular weight is 423 g/mol. The summed E-state index contributed by atoms with van der Waals surface area (Å²) in [5, 5.41) is 7.15. The van der Waals surface area contributed by atoms with E-state index in [2.05, 4.69) is 30.2 Å². The highest BCUT2D eigenvalue weighted by atomic mass is 19.1. The Labute approximate surface area is 180 Å². The molecule has 4 rings (SSSR count). The third-order valence-corrected chi connectivity index (χ3v) is 5.28. The molecule has 0 atom stereocenters. The molecule has 1 aliphatic rings. The summed E-state index contributed by atoms with van der Waals surface area (Å²) in [7, 11) is 0. The van der Waals surface area contributed by atoms with E-state index in [0.717, 1.165) is 55.4 Å². The molecular weight excluding hydrogens is 397 g/mol. The van der Waals surface area contributed by atoms with E-state index in [0.29, 0.717) is 13.1 Å². The van der Waals surface area contributed by atoms with E-state index < -0.39 is 0 Å². The summed E-state index contributed by atoms with van der Waals surface area (Å²) in [6, 6.07) is 6.37. The van der Waals surface area contributed by atoms with E-state index in [4.69, 9.17) is 0 Å². The Balaban J connectivity index is 1.34. The van der Waals surface area contributed by atoms with Crippen molar-refractivity contribution in [2.45, 2.75) is 20.0 Å². The first-order chi connectivity index (χ1) is 15.1. The first kappa shape index (κ1) is 20.9. The standard InChI is InChI=1S/C22H26FN7O/c1-17(31)24-8-9-30-16-18(14-27-30)15-28-10-12-29(13-11-28)22-21(25-6-7-26-22)19-2-4-20(23)5-3-19/h2-7,14,16H,8-13,15H2,1H3,(H,24,31). The van der Waals surface area contributed by atoms with Crippen LogP contribution in [0.25, 0.3) is 11.3 Å². The van der Waals surface area contributed by atoms with Gasteiger partial charge >= 0.3 is 0 Å². The molecule has 9 heteroatoms. The number of hydrogen-bond donors (Lipinski definition) is 1. The van der Waals surface area contributed by atoms with E-state index >= 15 is 0 Å². The summed E-state index contributed by atoms with van der Waals surface area (Å²) in [5.41, 5.74) is 2.79. The van der Waals surface area contributed by atoms with E-state index in [1.54, 1.807) is 24.5 Å². The maximum Gasteiger partial charge on any atom is 0.216 e. The molecule has 2 aromatic heterocycles. The Morgan fingerprint density at radius 2 is 1.84 bits per heavy atom. The van der Waals surface area contributed by atoms with Gasteiger partial charge in [-0.3, -0.25) is 19.4 Å². The molecule has 1 amide bonds. The Morgan fingerprint density at radius 1 is 1.10 bits per heavy atom. The fraction of sp³-hybridized carbons (Fsp3) is 0.364.